The number of hydrogen-bond donors (Lipinski definition) is 3. The Bertz CT molecular complexity index is 805. The molecule has 0 amide bonds. The fourth-order valence-corrected chi connectivity index (χ4v) is 7.26. The Morgan fingerprint density at radius 1 is 1.32 bits per heavy atom. The molecule has 0 spiro atoms. The molecule has 4 aliphatic carbocycles. The van der Waals surface area contributed by atoms with Crippen LogP contribution in [0.1, 0.15) is 46.5 Å². The van der Waals surface area contributed by atoms with E-state index in [0.29, 0.717) is 24.8 Å². The monoisotopic (exact) mass is 392 g/mol. The standard InChI is InChI=1S/C22H29FO5/c1-12-8-16-15-5-4-13-9-14(25)6-7-19(13,2)21(15,23)17(26)10-20(16,3)22(12,28)18(27)11-24/h6-7,9,12,15-17,24,26,28H,4-5,8,10-11H2,1-3H3/t12-,15-,16-,17-,19-,20?,21-,22-/m0/s1. The van der Waals surface area contributed by atoms with Crippen molar-refractivity contribution in [2.75, 3.05) is 6.61 Å². The molecule has 28 heavy (non-hydrogen) atoms. The van der Waals surface area contributed by atoms with E-state index < -0.39 is 52.4 Å². The Kier molecular flexibility index (Phi) is 4.15. The van der Waals surface area contributed by atoms with E-state index in [1.165, 1.54) is 12.2 Å². The normalized spacial score (nSPS) is 52.5. The topological polar surface area (TPSA) is 94.8 Å². The van der Waals surface area contributed by atoms with E-state index >= 15 is 4.39 Å². The number of Topliss-reactive ketones (excluding diaryl/α,β-unsaturated/α-hetero) is 1. The number of hydrogen-bond acceptors (Lipinski definition) is 5. The molecule has 3 saturated carbocycles. The summed E-state index contributed by atoms with van der Waals surface area (Å²) in [6, 6.07) is 0. The highest BCUT2D eigenvalue weighted by Gasteiger charge is 2.75. The van der Waals surface area contributed by atoms with Gasteiger partial charge in [0.1, 0.15) is 12.2 Å². The lowest BCUT2D eigenvalue weighted by Crippen LogP contribution is -2.69. The van der Waals surface area contributed by atoms with Gasteiger partial charge in [0.05, 0.1) is 6.10 Å². The number of aliphatic hydroxyl groups excluding tert-OH is 2. The van der Waals surface area contributed by atoms with E-state index in [-0.39, 0.29) is 18.1 Å². The molecule has 4 aliphatic rings. The Hall–Kier alpha value is -1.37. The van der Waals surface area contributed by atoms with Crippen molar-refractivity contribution >= 4 is 11.6 Å². The highest BCUT2D eigenvalue weighted by Crippen LogP contribution is 2.70. The first kappa shape index (κ1) is 19.9. The first-order valence-corrected chi connectivity index (χ1v) is 10.1. The molecule has 1 unspecified atom stereocenters. The van der Waals surface area contributed by atoms with Crippen LogP contribution < -0.4 is 0 Å². The van der Waals surface area contributed by atoms with Crippen LogP contribution >= 0.6 is 0 Å². The van der Waals surface area contributed by atoms with Gasteiger partial charge in [0.15, 0.2) is 17.2 Å². The number of halogens is 1. The van der Waals surface area contributed by atoms with Crippen molar-refractivity contribution in [3.05, 3.63) is 23.8 Å². The van der Waals surface area contributed by atoms with Gasteiger partial charge in [-0.15, -0.1) is 0 Å². The number of carbonyl (C=O) groups is 2. The number of alkyl halides is 1. The summed E-state index contributed by atoms with van der Waals surface area (Å²) in [5, 5.41) is 32.0. The number of aliphatic hydroxyl groups is 3. The zero-order valence-corrected chi connectivity index (χ0v) is 16.6. The smallest absolute Gasteiger partial charge is 0.190 e. The minimum atomic E-state index is -1.98. The molecule has 0 aromatic carbocycles. The summed E-state index contributed by atoms with van der Waals surface area (Å²) >= 11 is 0. The molecule has 0 aromatic rings. The van der Waals surface area contributed by atoms with E-state index in [9.17, 15) is 24.9 Å². The fraction of sp³-hybridized carbons (Fsp3) is 0.727. The van der Waals surface area contributed by atoms with Gasteiger partial charge in [-0.1, -0.05) is 25.5 Å². The Balaban J connectivity index is 1.84. The van der Waals surface area contributed by atoms with Crippen molar-refractivity contribution in [3.63, 3.8) is 0 Å². The van der Waals surface area contributed by atoms with Crippen LogP contribution in [-0.2, 0) is 9.59 Å². The molecule has 0 aromatic heterocycles. The highest BCUT2D eigenvalue weighted by molar-refractivity contribution is 6.01. The van der Waals surface area contributed by atoms with Gasteiger partial charge in [0.2, 0.25) is 0 Å². The summed E-state index contributed by atoms with van der Waals surface area (Å²) in [7, 11) is 0. The summed E-state index contributed by atoms with van der Waals surface area (Å²) < 4.78 is 16.9. The van der Waals surface area contributed by atoms with E-state index in [1.807, 2.05) is 0 Å². The van der Waals surface area contributed by atoms with Crippen molar-refractivity contribution in [1.29, 1.82) is 0 Å². The molecule has 5 nitrogen and oxygen atoms in total. The van der Waals surface area contributed by atoms with Crippen LogP contribution in [0.3, 0.4) is 0 Å². The molecule has 0 heterocycles. The quantitative estimate of drug-likeness (QED) is 0.667. The van der Waals surface area contributed by atoms with E-state index in [1.54, 1.807) is 26.8 Å². The Labute approximate surface area is 164 Å². The summed E-state index contributed by atoms with van der Waals surface area (Å²) in [4.78, 5) is 24.4. The van der Waals surface area contributed by atoms with Gasteiger partial charge in [-0.2, -0.15) is 0 Å². The van der Waals surface area contributed by atoms with E-state index in [0.717, 1.165) is 0 Å². The van der Waals surface area contributed by atoms with Gasteiger partial charge < -0.3 is 15.3 Å². The van der Waals surface area contributed by atoms with Crippen LogP contribution in [0, 0.1) is 28.6 Å². The van der Waals surface area contributed by atoms with Crippen molar-refractivity contribution in [2.24, 2.45) is 28.6 Å². The summed E-state index contributed by atoms with van der Waals surface area (Å²) in [6.45, 7) is 4.48. The molecule has 3 N–H and O–H groups in total. The van der Waals surface area contributed by atoms with Crippen molar-refractivity contribution in [2.45, 2.75) is 63.8 Å². The van der Waals surface area contributed by atoms with Crippen LogP contribution in [0.25, 0.3) is 0 Å². The summed E-state index contributed by atoms with van der Waals surface area (Å²) in [6.07, 6.45) is 4.44. The van der Waals surface area contributed by atoms with Gasteiger partial charge in [0.25, 0.3) is 0 Å². The number of allylic oxidation sites excluding steroid dienone is 4. The van der Waals surface area contributed by atoms with Crippen LogP contribution in [0.2, 0.25) is 0 Å². The molecule has 0 radical (unpaired) electrons. The fourth-order valence-electron chi connectivity index (χ4n) is 7.26. The third kappa shape index (κ3) is 2.01. The second-order valence-electron chi connectivity index (χ2n) is 9.75. The molecular weight excluding hydrogens is 363 g/mol. The molecule has 8 atom stereocenters. The average Bonchev–Trinajstić information content (AvgIpc) is 2.84. The van der Waals surface area contributed by atoms with Gasteiger partial charge >= 0.3 is 0 Å². The van der Waals surface area contributed by atoms with Crippen molar-refractivity contribution < 1.29 is 29.3 Å². The van der Waals surface area contributed by atoms with Gasteiger partial charge in [-0.05, 0) is 56.6 Å². The minimum Gasteiger partial charge on any atom is -0.390 e. The predicted octanol–water partition coefficient (Wildman–Crippen LogP) is 1.90. The first-order chi connectivity index (χ1) is 13.0. The van der Waals surface area contributed by atoms with Gasteiger partial charge in [-0.3, -0.25) is 9.59 Å². The third-order valence-corrected chi connectivity index (χ3v) is 8.79. The van der Waals surface area contributed by atoms with Crippen LogP contribution in [0.15, 0.2) is 23.8 Å². The van der Waals surface area contributed by atoms with Crippen LogP contribution in [0.5, 0.6) is 0 Å². The van der Waals surface area contributed by atoms with Crippen molar-refractivity contribution in [3.8, 4) is 0 Å². The zero-order valence-electron chi connectivity index (χ0n) is 16.6. The second-order valence-corrected chi connectivity index (χ2v) is 9.75. The summed E-state index contributed by atoms with van der Waals surface area (Å²) in [5.41, 5.74) is -5.17. The minimum absolute atomic E-state index is 0.0676. The summed E-state index contributed by atoms with van der Waals surface area (Å²) in [5.74, 6) is -2.12. The second kappa shape index (κ2) is 5.83. The molecule has 6 heteroatoms. The third-order valence-electron chi connectivity index (χ3n) is 8.79. The number of fused-ring (bicyclic) bond motifs is 5. The molecule has 3 fully saturated rings. The Morgan fingerprint density at radius 3 is 2.64 bits per heavy atom. The lowest BCUT2D eigenvalue weighted by atomic mass is 9.44. The molecule has 4 rings (SSSR count). The van der Waals surface area contributed by atoms with Gasteiger partial charge in [0, 0.05) is 16.7 Å². The molecule has 0 saturated heterocycles. The van der Waals surface area contributed by atoms with Crippen LogP contribution in [0.4, 0.5) is 4.39 Å². The number of carbonyl (C=O) groups excluding carboxylic acids is 2. The predicted molar refractivity (Wildman–Crippen MR) is 99.9 cm³/mol. The lowest BCUT2D eigenvalue weighted by molar-refractivity contribution is -0.219. The largest absolute Gasteiger partial charge is 0.390 e. The first-order valence-electron chi connectivity index (χ1n) is 10.1. The highest BCUT2D eigenvalue weighted by atomic mass is 19.1. The Morgan fingerprint density at radius 2 is 2.00 bits per heavy atom. The molecule has 0 aliphatic heterocycles. The average molecular weight is 392 g/mol. The van der Waals surface area contributed by atoms with Crippen LogP contribution in [-0.4, -0.2) is 50.9 Å². The maximum atomic E-state index is 16.9. The molecular formula is C22H29FO5. The maximum Gasteiger partial charge on any atom is 0.190 e. The molecule has 0 bridgehead atoms. The van der Waals surface area contributed by atoms with E-state index in [4.69, 9.17) is 0 Å². The van der Waals surface area contributed by atoms with E-state index in [2.05, 4.69) is 0 Å². The zero-order chi connectivity index (χ0) is 20.7. The maximum absolute atomic E-state index is 16.9. The van der Waals surface area contributed by atoms with Gasteiger partial charge in [-0.25, -0.2) is 4.39 Å². The molecule has 154 valence electrons. The number of ketones is 2. The SMILES string of the molecule is C[C@H]1C[C@H]2[C@@H]3CCC4=CC(=O)C=C[C@]4(C)[C@@]3(F)[C@@H](O)CC2(C)[C@@]1(O)C(=O)CO. The number of rotatable bonds is 2. The lowest BCUT2D eigenvalue weighted by Gasteiger charge is -2.62. The van der Waals surface area contributed by atoms with Crippen molar-refractivity contribution in [1.82, 2.24) is 0 Å².